The van der Waals surface area contributed by atoms with Gasteiger partial charge in [-0.1, -0.05) is 0 Å². The Morgan fingerprint density at radius 3 is 2.24 bits per heavy atom. The third kappa shape index (κ3) is 5.03. The second kappa shape index (κ2) is 9.27. The average Bonchev–Trinajstić information content (AvgIpc) is 3.31. The third-order valence-electron chi connectivity index (χ3n) is 5.84. The van der Waals surface area contributed by atoms with Crippen molar-refractivity contribution in [2.24, 2.45) is 0 Å². The van der Waals surface area contributed by atoms with Crippen LogP contribution < -0.4 is 19.7 Å². The van der Waals surface area contributed by atoms with Crippen LogP contribution in [0, 0.1) is 20.8 Å². The minimum atomic E-state index is -3.74. The summed E-state index contributed by atoms with van der Waals surface area (Å²) in [7, 11) is -2.17. The molecule has 0 saturated carbocycles. The molecule has 33 heavy (non-hydrogen) atoms. The maximum Gasteiger partial charge on any atom is 0.262 e. The van der Waals surface area contributed by atoms with Crippen molar-refractivity contribution in [3.63, 3.8) is 0 Å². The molecule has 0 atom stereocenters. The van der Waals surface area contributed by atoms with Crippen molar-refractivity contribution >= 4 is 33.2 Å². The van der Waals surface area contributed by atoms with Crippen molar-refractivity contribution < 1.29 is 13.2 Å². The number of rotatable bonds is 7. The van der Waals surface area contributed by atoms with Crippen LogP contribution in [-0.2, 0) is 10.0 Å². The fraction of sp³-hybridized carbons (Fsp3) is 0.333. The van der Waals surface area contributed by atoms with E-state index in [0.717, 1.165) is 48.8 Å². The van der Waals surface area contributed by atoms with Crippen molar-refractivity contribution in [3.8, 4) is 5.75 Å². The lowest BCUT2D eigenvalue weighted by Gasteiger charge is -2.17. The number of ether oxygens (including phenoxy) is 1. The fourth-order valence-corrected chi connectivity index (χ4v) is 5.30. The highest BCUT2D eigenvalue weighted by molar-refractivity contribution is 7.92. The lowest BCUT2D eigenvalue weighted by Crippen LogP contribution is -2.21. The molecule has 0 unspecified atom stereocenters. The van der Waals surface area contributed by atoms with Gasteiger partial charge in [-0.15, -0.1) is 0 Å². The van der Waals surface area contributed by atoms with Gasteiger partial charge in [-0.2, -0.15) is 4.98 Å². The van der Waals surface area contributed by atoms with Gasteiger partial charge >= 0.3 is 0 Å². The molecule has 3 aromatic rings. The second-order valence-electron chi connectivity index (χ2n) is 8.21. The van der Waals surface area contributed by atoms with Crippen LogP contribution >= 0.6 is 0 Å². The topological polar surface area (TPSA) is 96.5 Å². The molecule has 0 spiro atoms. The molecule has 1 aliphatic heterocycles. The number of hydrogen-bond acceptors (Lipinski definition) is 7. The van der Waals surface area contributed by atoms with Crippen molar-refractivity contribution in [2.75, 3.05) is 35.1 Å². The minimum absolute atomic E-state index is 0.230. The predicted molar refractivity (Wildman–Crippen MR) is 131 cm³/mol. The lowest BCUT2D eigenvalue weighted by molar-refractivity contribution is 0.411. The van der Waals surface area contributed by atoms with E-state index in [0.29, 0.717) is 22.8 Å². The summed E-state index contributed by atoms with van der Waals surface area (Å²) in [5.41, 5.74) is 3.63. The van der Waals surface area contributed by atoms with Crippen molar-refractivity contribution in [1.29, 1.82) is 0 Å². The van der Waals surface area contributed by atoms with Crippen LogP contribution in [0.15, 0.2) is 47.4 Å². The van der Waals surface area contributed by atoms with Gasteiger partial charge in [0.2, 0.25) is 5.95 Å². The van der Waals surface area contributed by atoms with E-state index < -0.39 is 10.0 Å². The predicted octanol–water partition coefficient (Wildman–Crippen LogP) is 4.56. The standard InChI is InChI=1S/C24H29N5O3S/c1-16-15-23(27-24(25-16)29-13-5-6-14-29)26-19-7-9-20(10-8-19)28-33(30,31)22-12-11-21(32-4)17(2)18(22)3/h7-12,15,28H,5-6,13-14H2,1-4H3,(H,25,26,27). The molecule has 0 aliphatic carbocycles. The van der Waals surface area contributed by atoms with Gasteiger partial charge < -0.3 is 15.0 Å². The number of hydrogen-bond donors (Lipinski definition) is 2. The Balaban J connectivity index is 1.49. The van der Waals surface area contributed by atoms with E-state index in [1.807, 2.05) is 32.0 Å². The maximum absolute atomic E-state index is 13.0. The maximum atomic E-state index is 13.0. The van der Waals surface area contributed by atoms with E-state index in [4.69, 9.17) is 4.74 Å². The lowest BCUT2D eigenvalue weighted by atomic mass is 10.1. The Hall–Kier alpha value is -3.33. The van der Waals surface area contributed by atoms with Crippen LogP contribution in [0.3, 0.4) is 0 Å². The zero-order valence-corrected chi connectivity index (χ0v) is 20.2. The number of benzene rings is 2. The van der Waals surface area contributed by atoms with Gasteiger partial charge in [0.1, 0.15) is 11.6 Å². The summed E-state index contributed by atoms with van der Waals surface area (Å²) in [6.07, 6.45) is 2.32. The molecule has 0 amide bonds. The highest BCUT2D eigenvalue weighted by atomic mass is 32.2. The molecule has 0 bridgehead atoms. The fourth-order valence-electron chi connectivity index (χ4n) is 3.94. The summed E-state index contributed by atoms with van der Waals surface area (Å²) in [5, 5.41) is 3.29. The van der Waals surface area contributed by atoms with Gasteiger partial charge in [0, 0.05) is 36.2 Å². The van der Waals surface area contributed by atoms with Crippen LogP contribution in [0.5, 0.6) is 5.75 Å². The first-order chi connectivity index (χ1) is 15.8. The quantitative estimate of drug-likeness (QED) is 0.526. The molecule has 8 nitrogen and oxygen atoms in total. The molecule has 0 radical (unpaired) electrons. The zero-order valence-electron chi connectivity index (χ0n) is 19.3. The number of aromatic nitrogens is 2. The number of aryl methyl sites for hydroxylation is 1. The molecular formula is C24H29N5O3S. The molecule has 174 valence electrons. The van der Waals surface area contributed by atoms with E-state index in [-0.39, 0.29) is 4.90 Å². The Bertz CT molecular complexity index is 1250. The number of anilines is 4. The smallest absolute Gasteiger partial charge is 0.262 e. The van der Waals surface area contributed by atoms with E-state index in [1.54, 1.807) is 38.3 Å². The Morgan fingerprint density at radius 2 is 1.58 bits per heavy atom. The minimum Gasteiger partial charge on any atom is -0.496 e. The molecule has 2 heterocycles. The normalized spacial score (nSPS) is 13.8. The van der Waals surface area contributed by atoms with Gasteiger partial charge in [0.25, 0.3) is 10.0 Å². The monoisotopic (exact) mass is 467 g/mol. The first-order valence-corrected chi connectivity index (χ1v) is 12.4. The van der Waals surface area contributed by atoms with Gasteiger partial charge in [0.05, 0.1) is 12.0 Å². The van der Waals surface area contributed by atoms with E-state index in [9.17, 15) is 8.42 Å². The van der Waals surface area contributed by atoms with Crippen LogP contribution in [0.25, 0.3) is 0 Å². The molecule has 1 aliphatic rings. The average molecular weight is 468 g/mol. The molecule has 2 N–H and O–H groups in total. The molecule has 4 rings (SSSR count). The molecule has 1 aromatic heterocycles. The summed E-state index contributed by atoms with van der Waals surface area (Å²) in [6.45, 7) is 7.53. The molecule has 2 aromatic carbocycles. The first-order valence-electron chi connectivity index (χ1n) is 10.9. The highest BCUT2D eigenvalue weighted by Crippen LogP contribution is 2.29. The number of nitrogens with one attached hydrogen (secondary N) is 2. The Labute approximate surface area is 195 Å². The van der Waals surface area contributed by atoms with Crippen LogP contribution in [0.1, 0.15) is 29.7 Å². The molecule has 1 fully saturated rings. The SMILES string of the molecule is COc1ccc(S(=O)(=O)Nc2ccc(Nc3cc(C)nc(N4CCCC4)n3)cc2)c(C)c1C. The summed E-state index contributed by atoms with van der Waals surface area (Å²) in [4.78, 5) is 11.6. The zero-order chi connectivity index (χ0) is 23.6. The Morgan fingerprint density at radius 1 is 0.909 bits per heavy atom. The van der Waals surface area contributed by atoms with Crippen LogP contribution in [0.4, 0.5) is 23.1 Å². The largest absolute Gasteiger partial charge is 0.496 e. The summed E-state index contributed by atoms with van der Waals surface area (Å²) < 4.78 is 33.9. The highest BCUT2D eigenvalue weighted by Gasteiger charge is 2.20. The number of sulfonamides is 1. The van der Waals surface area contributed by atoms with Gasteiger partial charge in [-0.25, -0.2) is 13.4 Å². The summed E-state index contributed by atoms with van der Waals surface area (Å²) >= 11 is 0. The van der Waals surface area contributed by atoms with E-state index >= 15 is 0 Å². The van der Waals surface area contributed by atoms with Crippen LogP contribution in [-0.4, -0.2) is 38.6 Å². The second-order valence-corrected chi connectivity index (χ2v) is 9.86. The molecule has 1 saturated heterocycles. The van der Waals surface area contributed by atoms with E-state index in [2.05, 4.69) is 24.9 Å². The van der Waals surface area contributed by atoms with Crippen LogP contribution in [0.2, 0.25) is 0 Å². The molecule has 9 heteroatoms. The van der Waals surface area contributed by atoms with Crippen molar-refractivity contribution in [3.05, 3.63) is 59.3 Å². The van der Waals surface area contributed by atoms with Crippen molar-refractivity contribution in [2.45, 2.75) is 38.5 Å². The van der Waals surface area contributed by atoms with Gasteiger partial charge in [-0.05, 0) is 81.1 Å². The third-order valence-corrected chi connectivity index (χ3v) is 7.36. The number of methoxy groups -OCH3 is 1. The van der Waals surface area contributed by atoms with E-state index in [1.165, 1.54) is 0 Å². The Kier molecular flexibility index (Phi) is 6.42. The summed E-state index contributed by atoms with van der Waals surface area (Å²) in [6, 6.07) is 12.2. The first kappa shape index (κ1) is 22.8. The molecular weight excluding hydrogens is 438 g/mol. The number of nitrogens with zero attached hydrogens (tertiary/aromatic N) is 3. The summed E-state index contributed by atoms with van der Waals surface area (Å²) in [5.74, 6) is 2.11. The van der Waals surface area contributed by atoms with Gasteiger partial charge in [-0.3, -0.25) is 4.72 Å². The van der Waals surface area contributed by atoms with Gasteiger partial charge in [0.15, 0.2) is 0 Å². The van der Waals surface area contributed by atoms with Crippen molar-refractivity contribution in [1.82, 2.24) is 9.97 Å².